The average Bonchev–Trinajstić information content (AvgIpc) is 3.01. The molecule has 7 rings (SSSR count). The van der Waals surface area contributed by atoms with Gasteiger partial charge in [-0.25, -0.2) is 9.97 Å². The number of aromatic nitrogens is 2. The number of benzene rings is 6. The summed E-state index contributed by atoms with van der Waals surface area (Å²) in [5.41, 5.74) is 7.43. The van der Waals surface area contributed by atoms with Gasteiger partial charge in [-0.05, 0) is 43.8 Å². The summed E-state index contributed by atoms with van der Waals surface area (Å²) in [6, 6.07) is 46.3. The van der Waals surface area contributed by atoms with Crippen LogP contribution in [0.4, 0.5) is 0 Å². The van der Waals surface area contributed by atoms with Gasteiger partial charge < -0.3 is 0 Å². The van der Waals surface area contributed by atoms with Gasteiger partial charge in [0.2, 0.25) is 0 Å². The number of fused-ring (bicyclic) bond motifs is 2. The molecule has 6 aromatic carbocycles. The zero-order valence-corrected chi connectivity index (χ0v) is 21.8. The maximum atomic E-state index is 6.69. The third kappa shape index (κ3) is 4.16. The van der Waals surface area contributed by atoms with Gasteiger partial charge in [0.25, 0.3) is 0 Å². The molecule has 0 aliphatic heterocycles. The molecule has 39 heavy (non-hydrogen) atoms. The van der Waals surface area contributed by atoms with Crippen molar-refractivity contribution in [1.82, 2.24) is 9.97 Å². The van der Waals surface area contributed by atoms with Crippen molar-refractivity contribution in [1.29, 1.82) is 0 Å². The van der Waals surface area contributed by atoms with Crippen LogP contribution in [0.1, 0.15) is 0 Å². The van der Waals surface area contributed by atoms with Crippen LogP contribution in [0.25, 0.3) is 66.4 Å². The molecule has 7 aromatic rings. The van der Waals surface area contributed by atoms with E-state index in [1.165, 1.54) is 27.5 Å². The Kier molecular flexibility index (Phi) is 5.88. The molecule has 0 aliphatic carbocycles. The van der Waals surface area contributed by atoms with E-state index in [9.17, 15) is 0 Å². The van der Waals surface area contributed by atoms with Crippen LogP contribution in [0.3, 0.4) is 0 Å². The Balaban J connectivity index is 1.44. The average molecular weight is 519 g/mol. The van der Waals surface area contributed by atoms with Crippen LogP contribution in [0.5, 0.6) is 0 Å². The van der Waals surface area contributed by atoms with E-state index in [2.05, 4.69) is 127 Å². The van der Waals surface area contributed by atoms with E-state index in [1.54, 1.807) is 6.20 Å². The molecule has 0 bridgehead atoms. The second-order valence-electron chi connectivity index (χ2n) is 9.54. The highest BCUT2D eigenvalue weighted by Crippen LogP contribution is 2.43. The monoisotopic (exact) mass is 518 g/mol. The van der Waals surface area contributed by atoms with E-state index in [0.717, 1.165) is 33.2 Å². The topological polar surface area (TPSA) is 25.8 Å². The van der Waals surface area contributed by atoms with Crippen molar-refractivity contribution in [3.63, 3.8) is 0 Å². The molecule has 1 heterocycles. The molecule has 1 aromatic heterocycles. The highest BCUT2D eigenvalue weighted by molar-refractivity contribution is 6.33. The van der Waals surface area contributed by atoms with E-state index in [-0.39, 0.29) is 0 Å². The van der Waals surface area contributed by atoms with Crippen molar-refractivity contribution in [3.8, 4) is 44.9 Å². The quantitative estimate of drug-likeness (QED) is 0.216. The van der Waals surface area contributed by atoms with E-state index in [0.29, 0.717) is 10.8 Å². The zero-order valence-electron chi connectivity index (χ0n) is 21.1. The molecule has 0 amide bonds. The van der Waals surface area contributed by atoms with E-state index < -0.39 is 0 Å². The van der Waals surface area contributed by atoms with Gasteiger partial charge in [-0.3, -0.25) is 0 Å². The number of hydrogen-bond acceptors (Lipinski definition) is 2. The van der Waals surface area contributed by atoms with Crippen LogP contribution < -0.4 is 0 Å². The number of hydrogen-bond donors (Lipinski definition) is 0. The molecule has 0 N–H and O–H groups in total. The fraction of sp³-hybridized carbons (Fsp3) is 0. The van der Waals surface area contributed by atoms with Crippen LogP contribution in [0.15, 0.2) is 140 Å². The predicted molar refractivity (Wildman–Crippen MR) is 164 cm³/mol. The van der Waals surface area contributed by atoms with Crippen molar-refractivity contribution >= 4 is 33.1 Å². The van der Waals surface area contributed by atoms with Gasteiger partial charge >= 0.3 is 0 Å². The summed E-state index contributed by atoms with van der Waals surface area (Å²) >= 11 is 6.69. The van der Waals surface area contributed by atoms with E-state index in [4.69, 9.17) is 21.6 Å². The van der Waals surface area contributed by atoms with Gasteiger partial charge in [-0.2, -0.15) is 0 Å². The van der Waals surface area contributed by atoms with Crippen molar-refractivity contribution in [2.24, 2.45) is 0 Å². The van der Waals surface area contributed by atoms with Crippen molar-refractivity contribution in [2.75, 3.05) is 0 Å². The molecule has 0 aliphatic rings. The second kappa shape index (κ2) is 9.83. The lowest BCUT2D eigenvalue weighted by Crippen LogP contribution is -1.97. The smallest absolute Gasteiger partial charge is 0.161 e. The van der Waals surface area contributed by atoms with Gasteiger partial charge in [0.05, 0.1) is 16.9 Å². The lowest BCUT2D eigenvalue weighted by atomic mass is 9.88. The molecule has 0 fully saturated rings. The van der Waals surface area contributed by atoms with Crippen LogP contribution in [-0.2, 0) is 0 Å². The summed E-state index contributed by atoms with van der Waals surface area (Å²) in [4.78, 5) is 9.83. The summed E-state index contributed by atoms with van der Waals surface area (Å²) in [6.45, 7) is 0. The Hall–Kier alpha value is -4.79. The minimum Gasteiger partial charge on any atom is -0.235 e. The summed E-state index contributed by atoms with van der Waals surface area (Å²) in [6.07, 6.45) is 1.72. The Morgan fingerprint density at radius 2 is 0.846 bits per heavy atom. The van der Waals surface area contributed by atoms with Crippen molar-refractivity contribution in [2.45, 2.75) is 0 Å². The van der Waals surface area contributed by atoms with Gasteiger partial charge in [-0.1, -0.05) is 145 Å². The Bertz CT molecular complexity index is 1890. The van der Waals surface area contributed by atoms with Gasteiger partial charge in [-0.15, -0.1) is 0 Å². The normalized spacial score (nSPS) is 11.2. The van der Waals surface area contributed by atoms with E-state index >= 15 is 0 Å². The number of nitrogens with zero attached hydrogens (tertiary/aromatic N) is 2. The first-order valence-electron chi connectivity index (χ1n) is 13.0. The largest absolute Gasteiger partial charge is 0.235 e. The fourth-order valence-electron chi connectivity index (χ4n) is 5.43. The molecule has 0 unspecified atom stereocenters. The molecule has 0 radical (unpaired) electrons. The molecular weight excluding hydrogens is 496 g/mol. The van der Waals surface area contributed by atoms with Crippen LogP contribution in [0.2, 0.25) is 5.02 Å². The fourth-order valence-corrected chi connectivity index (χ4v) is 5.63. The minimum atomic E-state index is 0.528. The molecule has 2 nitrogen and oxygen atoms in total. The second-order valence-corrected chi connectivity index (χ2v) is 9.95. The zero-order chi connectivity index (χ0) is 26.2. The Morgan fingerprint density at radius 1 is 0.410 bits per heavy atom. The first-order valence-corrected chi connectivity index (χ1v) is 13.3. The highest BCUT2D eigenvalue weighted by atomic mass is 35.5. The molecule has 184 valence electrons. The van der Waals surface area contributed by atoms with Gasteiger partial charge in [0.15, 0.2) is 5.82 Å². The maximum absolute atomic E-state index is 6.69. The molecular formula is C36H23ClN2. The maximum Gasteiger partial charge on any atom is 0.161 e. The van der Waals surface area contributed by atoms with Gasteiger partial charge in [0, 0.05) is 11.1 Å². The molecule has 3 heteroatoms. The van der Waals surface area contributed by atoms with Crippen LogP contribution in [0, 0.1) is 0 Å². The van der Waals surface area contributed by atoms with Crippen LogP contribution >= 0.6 is 11.6 Å². The lowest BCUT2D eigenvalue weighted by molar-refractivity contribution is 1.19. The van der Waals surface area contributed by atoms with E-state index in [1.807, 2.05) is 6.07 Å². The molecule has 0 atom stereocenters. The minimum absolute atomic E-state index is 0.528. The summed E-state index contributed by atoms with van der Waals surface area (Å²) < 4.78 is 0. The molecule has 0 saturated carbocycles. The number of halogens is 1. The Morgan fingerprint density at radius 3 is 1.41 bits per heavy atom. The number of rotatable bonds is 4. The summed E-state index contributed by atoms with van der Waals surface area (Å²) in [7, 11) is 0. The summed E-state index contributed by atoms with van der Waals surface area (Å²) in [5.74, 6) is 0.661. The Labute approximate surface area is 232 Å². The highest BCUT2D eigenvalue weighted by Gasteiger charge is 2.19. The first kappa shape index (κ1) is 23.3. The lowest BCUT2D eigenvalue weighted by Gasteiger charge is -2.17. The summed E-state index contributed by atoms with van der Waals surface area (Å²) in [5, 5.41) is 5.10. The first-order chi connectivity index (χ1) is 19.3. The predicted octanol–water partition coefficient (Wildman–Crippen LogP) is 10.1. The molecule has 0 saturated heterocycles. The van der Waals surface area contributed by atoms with Gasteiger partial charge in [0.1, 0.15) is 0 Å². The third-order valence-corrected chi connectivity index (χ3v) is 7.50. The molecule has 0 spiro atoms. The van der Waals surface area contributed by atoms with Crippen LogP contribution in [-0.4, -0.2) is 9.97 Å². The van der Waals surface area contributed by atoms with Crippen molar-refractivity contribution in [3.05, 3.63) is 145 Å². The SMILES string of the molecule is Clc1cnc(-c2c3ccccc3c(-c3ccccc3)c3ccccc23)nc1-c1ccc(-c2ccccc2)cc1. The standard InChI is InChI=1S/C36H23ClN2/c37-32-23-38-36(39-35(32)27-21-19-25(20-22-27)24-11-3-1-4-12-24)34-30-17-9-7-15-28(30)33(26-13-5-2-6-14-26)29-16-8-10-18-31(29)34/h1-23H. The third-order valence-electron chi connectivity index (χ3n) is 7.23. The van der Waals surface area contributed by atoms with Crippen molar-refractivity contribution < 1.29 is 0 Å².